The van der Waals surface area contributed by atoms with Crippen LogP contribution in [-0.2, 0) is 21.0 Å². The highest BCUT2D eigenvalue weighted by molar-refractivity contribution is 7.92. The standard InChI is InChI=1S/C21H26F3N3O3S/c1-16-8-10-19(11-9-16)31(29,30)27(15-20(28)25-12-5-13-26(2)3)18-7-4-6-17(14-18)21(22,23)24/h4,6-11,14H,5,12-13,15H2,1-3H3,(H,25,28). The zero-order valence-electron chi connectivity index (χ0n) is 17.6. The third-order valence-electron chi connectivity index (χ3n) is 4.46. The van der Waals surface area contributed by atoms with Crippen LogP contribution in [0.1, 0.15) is 17.5 Å². The Bertz CT molecular complexity index is 991. The number of anilines is 1. The number of aryl methyl sites for hydroxylation is 1. The second kappa shape index (κ2) is 10.1. The Morgan fingerprint density at radius 3 is 2.29 bits per heavy atom. The Labute approximate surface area is 180 Å². The number of nitrogens with one attached hydrogen (secondary N) is 1. The molecule has 1 amide bonds. The highest BCUT2D eigenvalue weighted by atomic mass is 32.2. The first kappa shape index (κ1) is 24.7. The molecule has 0 radical (unpaired) electrons. The minimum Gasteiger partial charge on any atom is -0.354 e. The van der Waals surface area contributed by atoms with Crippen molar-refractivity contribution < 1.29 is 26.4 Å². The molecule has 2 aromatic carbocycles. The van der Waals surface area contributed by atoms with Crippen LogP contribution in [0.3, 0.4) is 0 Å². The summed E-state index contributed by atoms with van der Waals surface area (Å²) in [6, 6.07) is 9.81. The summed E-state index contributed by atoms with van der Waals surface area (Å²) < 4.78 is 66.7. The van der Waals surface area contributed by atoms with E-state index in [1.54, 1.807) is 19.1 Å². The van der Waals surface area contributed by atoms with Crippen molar-refractivity contribution in [1.29, 1.82) is 0 Å². The molecule has 0 fully saturated rings. The predicted molar refractivity (Wildman–Crippen MR) is 113 cm³/mol. The number of hydrogen-bond donors (Lipinski definition) is 1. The molecule has 0 saturated carbocycles. The number of hydrogen-bond acceptors (Lipinski definition) is 4. The van der Waals surface area contributed by atoms with Gasteiger partial charge in [-0.3, -0.25) is 9.10 Å². The van der Waals surface area contributed by atoms with Crippen LogP contribution in [0.2, 0.25) is 0 Å². The van der Waals surface area contributed by atoms with E-state index in [-0.39, 0.29) is 10.6 Å². The second-order valence-electron chi connectivity index (χ2n) is 7.38. The van der Waals surface area contributed by atoms with Gasteiger partial charge < -0.3 is 10.2 Å². The Hall–Kier alpha value is -2.59. The second-order valence-corrected chi connectivity index (χ2v) is 9.24. The van der Waals surface area contributed by atoms with Gasteiger partial charge >= 0.3 is 6.18 Å². The number of benzene rings is 2. The molecule has 10 heteroatoms. The highest BCUT2D eigenvalue weighted by Crippen LogP contribution is 2.33. The zero-order valence-corrected chi connectivity index (χ0v) is 18.4. The van der Waals surface area contributed by atoms with Crippen molar-refractivity contribution in [1.82, 2.24) is 10.2 Å². The smallest absolute Gasteiger partial charge is 0.354 e. The molecule has 0 spiro atoms. The summed E-state index contributed by atoms with van der Waals surface area (Å²) in [6.45, 7) is 2.18. The van der Waals surface area contributed by atoms with Crippen LogP contribution in [0.25, 0.3) is 0 Å². The summed E-state index contributed by atoms with van der Waals surface area (Å²) >= 11 is 0. The van der Waals surface area contributed by atoms with Crippen molar-refractivity contribution in [3.63, 3.8) is 0 Å². The first-order valence-corrected chi connectivity index (χ1v) is 11.0. The molecular weight excluding hydrogens is 431 g/mol. The van der Waals surface area contributed by atoms with Gasteiger partial charge in [0.25, 0.3) is 10.0 Å². The fraction of sp³-hybridized carbons (Fsp3) is 0.381. The van der Waals surface area contributed by atoms with Gasteiger partial charge in [-0.25, -0.2) is 8.42 Å². The van der Waals surface area contributed by atoms with E-state index >= 15 is 0 Å². The first-order chi connectivity index (χ1) is 14.4. The van der Waals surface area contributed by atoms with Gasteiger partial charge in [-0.15, -0.1) is 0 Å². The van der Waals surface area contributed by atoms with Crippen LogP contribution in [-0.4, -0.2) is 53.0 Å². The van der Waals surface area contributed by atoms with Crippen LogP contribution >= 0.6 is 0 Å². The van der Waals surface area contributed by atoms with Crippen molar-refractivity contribution in [3.8, 4) is 0 Å². The summed E-state index contributed by atoms with van der Waals surface area (Å²) in [6.07, 6.45) is -4.00. The molecule has 1 N–H and O–H groups in total. The lowest BCUT2D eigenvalue weighted by atomic mass is 10.2. The zero-order chi connectivity index (χ0) is 23.2. The average Bonchev–Trinajstić information content (AvgIpc) is 2.69. The lowest BCUT2D eigenvalue weighted by Crippen LogP contribution is -2.41. The molecule has 0 bridgehead atoms. The highest BCUT2D eigenvalue weighted by Gasteiger charge is 2.33. The van der Waals surface area contributed by atoms with E-state index in [2.05, 4.69) is 5.32 Å². The maximum atomic E-state index is 13.2. The van der Waals surface area contributed by atoms with E-state index in [1.807, 2.05) is 19.0 Å². The van der Waals surface area contributed by atoms with E-state index < -0.39 is 34.2 Å². The summed E-state index contributed by atoms with van der Waals surface area (Å²) in [5, 5.41) is 2.62. The Morgan fingerprint density at radius 1 is 1.06 bits per heavy atom. The number of alkyl halides is 3. The van der Waals surface area contributed by atoms with E-state index in [0.717, 1.165) is 30.3 Å². The Balaban J connectivity index is 2.36. The number of rotatable bonds is 9. The van der Waals surface area contributed by atoms with Crippen LogP contribution in [0, 0.1) is 6.92 Å². The molecule has 0 atom stereocenters. The Kier molecular flexibility index (Phi) is 8.08. The molecule has 6 nitrogen and oxygen atoms in total. The monoisotopic (exact) mass is 457 g/mol. The van der Waals surface area contributed by atoms with E-state index in [9.17, 15) is 26.4 Å². The topological polar surface area (TPSA) is 69.7 Å². The molecule has 2 aromatic rings. The number of amides is 1. The van der Waals surface area contributed by atoms with Crippen molar-refractivity contribution in [2.45, 2.75) is 24.4 Å². The van der Waals surface area contributed by atoms with Crippen molar-refractivity contribution in [2.24, 2.45) is 0 Å². The van der Waals surface area contributed by atoms with Gasteiger partial charge in [-0.1, -0.05) is 23.8 Å². The van der Waals surface area contributed by atoms with Crippen molar-refractivity contribution in [3.05, 3.63) is 59.7 Å². The number of halogens is 3. The molecule has 0 saturated heterocycles. The summed E-state index contributed by atoms with van der Waals surface area (Å²) in [7, 11) is -0.515. The number of carbonyl (C=O) groups excluding carboxylic acids is 1. The third kappa shape index (κ3) is 6.96. The van der Waals surface area contributed by atoms with Gasteiger partial charge in [0.2, 0.25) is 5.91 Å². The van der Waals surface area contributed by atoms with Gasteiger partial charge in [0, 0.05) is 6.54 Å². The lowest BCUT2D eigenvalue weighted by molar-refractivity contribution is -0.137. The third-order valence-corrected chi connectivity index (χ3v) is 6.25. The van der Waals surface area contributed by atoms with E-state index in [1.165, 1.54) is 18.2 Å². The van der Waals surface area contributed by atoms with Gasteiger partial charge in [-0.2, -0.15) is 13.2 Å². The van der Waals surface area contributed by atoms with Crippen LogP contribution in [0.15, 0.2) is 53.4 Å². The van der Waals surface area contributed by atoms with Crippen molar-refractivity contribution in [2.75, 3.05) is 38.0 Å². The predicted octanol–water partition coefficient (Wildman–Crippen LogP) is 3.28. The summed E-state index contributed by atoms with van der Waals surface area (Å²) in [5.74, 6) is -0.605. The largest absolute Gasteiger partial charge is 0.416 e. The molecule has 0 aromatic heterocycles. The van der Waals surface area contributed by atoms with Crippen LogP contribution in [0.5, 0.6) is 0 Å². The molecule has 2 rings (SSSR count). The van der Waals surface area contributed by atoms with Gasteiger partial charge in [0.15, 0.2) is 0 Å². The number of nitrogens with zero attached hydrogens (tertiary/aromatic N) is 2. The molecule has 0 aliphatic rings. The molecular formula is C21H26F3N3O3S. The summed E-state index contributed by atoms with van der Waals surface area (Å²) in [5.41, 5.74) is -0.414. The summed E-state index contributed by atoms with van der Waals surface area (Å²) in [4.78, 5) is 14.3. The first-order valence-electron chi connectivity index (χ1n) is 9.59. The minimum absolute atomic E-state index is 0.115. The molecule has 31 heavy (non-hydrogen) atoms. The normalized spacial score (nSPS) is 12.1. The molecule has 0 aliphatic heterocycles. The van der Waals surface area contributed by atoms with E-state index in [0.29, 0.717) is 17.3 Å². The van der Waals surface area contributed by atoms with Crippen molar-refractivity contribution >= 4 is 21.6 Å². The van der Waals surface area contributed by atoms with Crippen LogP contribution in [0.4, 0.5) is 18.9 Å². The quantitative estimate of drug-likeness (QED) is 0.587. The fourth-order valence-corrected chi connectivity index (χ4v) is 4.21. The van der Waals surface area contributed by atoms with E-state index in [4.69, 9.17) is 0 Å². The SMILES string of the molecule is Cc1ccc(S(=O)(=O)N(CC(=O)NCCCN(C)C)c2cccc(C(F)(F)F)c2)cc1. The Morgan fingerprint density at radius 2 is 1.71 bits per heavy atom. The molecule has 0 heterocycles. The molecule has 0 aliphatic carbocycles. The average molecular weight is 458 g/mol. The maximum Gasteiger partial charge on any atom is 0.416 e. The van der Waals surface area contributed by atoms with Gasteiger partial charge in [-0.05, 0) is 64.3 Å². The number of sulfonamides is 1. The number of carbonyl (C=O) groups is 1. The maximum absolute atomic E-state index is 13.2. The van der Waals surface area contributed by atoms with Gasteiger partial charge in [0.05, 0.1) is 16.1 Å². The fourth-order valence-electron chi connectivity index (χ4n) is 2.80. The minimum atomic E-state index is -4.65. The lowest BCUT2D eigenvalue weighted by Gasteiger charge is -2.25. The molecule has 0 unspecified atom stereocenters. The van der Waals surface area contributed by atoms with Gasteiger partial charge in [0.1, 0.15) is 6.54 Å². The molecule has 170 valence electrons. The van der Waals surface area contributed by atoms with Crippen LogP contribution < -0.4 is 9.62 Å².